The Morgan fingerprint density at radius 1 is 0.753 bits per heavy atom. The molecule has 0 saturated carbocycles. The summed E-state index contributed by atoms with van der Waals surface area (Å²) in [5.41, 5.74) is 7.27. The molecule has 0 spiro atoms. The molecule has 0 aliphatic carbocycles. The molecule has 7 N–H and O–H groups in total. The van der Waals surface area contributed by atoms with E-state index in [1.54, 1.807) is 31.7 Å². The highest BCUT2D eigenvalue weighted by Crippen LogP contribution is 2.33. The first kappa shape index (κ1) is 66.1. The number of carbonyl (C=O) groups excluding carboxylic acids is 7. The molecule has 5 aromatic rings. The van der Waals surface area contributed by atoms with Crippen molar-refractivity contribution in [3.63, 3.8) is 0 Å². The molecule has 2 aromatic heterocycles. The van der Waals surface area contributed by atoms with Gasteiger partial charge in [-0.3, -0.25) is 38.5 Å². The number of pyridine rings is 2. The largest absolute Gasteiger partial charge is 0.480 e. The number of nitrogens with two attached hydrogens (primary N) is 1. The number of amides is 8. The Kier molecular flexibility index (Phi) is 23.7. The number of anilines is 2. The van der Waals surface area contributed by atoms with Gasteiger partial charge in [0.1, 0.15) is 30.3 Å². The summed E-state index contributed by atoms with van der Waals surface area (Å²) in [7, 11) is 0. The second kappa shape index (κ2) is 31.9. The second-order valence-electron chi connectivity index (χ2n) is 24.6. The number of carboxylic acids is 1. The van der Waals surface area contributed by atoms with Gasteiger partial charge in [0, 0.05) is 74.4 Å². The predicted octanol–water partition coefficient (Wildman–Crippen LogP) is 7.57. The Bertz CT molecular complexity index is 3260. The predicted molar refractivity (Wildman–Crippen MR) is 339 cm³/mol. The van der Waals surface area contributed by atoms with Crippen LogP contribution in [0.2, 0.25) is 0 Å². The highest BCUT2D eigenvalue weighted by atomic mass is 16.6. The van der Waals surface area contributed by atoms with Crippen molar-refractivity contribution < 1.29 is 48.2 Å². The topological polar surface area (TPSA) is 288 Å². The SMILES string of the molecule is CC(C)(C)OC(=O)N[C@H]1CN(C(=O)NCCCCCCCCCCCN(C(=O)[C@H]2CCCN(c3cncc4ccccc34)C2)c2ccc(=O)n(CC(=O)O)c2)CC[C@H]2CC[C@@H](C(=O)NC(CCC(N)=O)C(=O)NC(c3ccccc3)c3ccccc3)N2C1=O. The lowest BCUT2D eigenvalue weighted by Crippen LogP contribution is -2.62. The van der Waals surface area contributed by atoms with Crippen LogP contribution in [0.25, 0.3) is 10.8 Å². The molecular weight excluding hydrogens is 1130 g/mol. The summed E-state index contributed by atoms with van der Waals surface area (Å²) in [5.74, 6) is -3.88. The van der Waals surface area contributed by atoms with E-state index in [1.165, 1.54) is 22.1 Å². The first-order valence-electron chi connectivity index (χ1n) is 31.5. The van der Waals surface area contributed by atoms with Crippen LogP contribution in [-0.2, 0) is 40.0 Å². The normalized spacial score (nSPS) is 18.1. The van der Waals surface area contributed by atoms with E-state index in [0.29, 0.717) is 44.6 Å². The fraction of sp³-hybridized carbons (Fsp3) is 0.493. The van der Waals surface area contributed by atoms with Crippen molar-refractivity contribution >= 4 is 69.8 Å². The van der Waals surface area contributed by atoms with E-state index in [2.05, 4.69) is 37.2 Å². The lowest BCUT2D eigenvalue weighted by Gasteiger charge is -2.39. The number of unbranched alkanes of at least 4 members (excludes halogenated alkanes) is 8. The van der Waals surface area contributed by atoms with Crippen LogP contribution < -0.4 is 42.4 Å². The summed E-state index contributed by atoms with van der Waals surface area (Å²) in [6, 6.07) is 24.8. The third kappa shape index (κ3) is 18.9. The van der Waals surface area contributed by atoms with Crippen LogP contribution in [0.15, 0.2) is 120 Å². The van der Waals surface area contributed by atoms with Crippen LogP contribution in [0.1, 0.15) is 141 Å². The lowest BCUT2D eigenvalue weighted by atomic mass is 9.95. The van der Waals surface area contributed by atoms with E-state index < -0.39 is 83.6 Å². The van der Waals surface area contributed by atoms with Crippen molar-refractivity contribution in [1.29, 1.82) is 0 Å². The third-order valence-corrected chi connectivity index (χ3v) is 16.8. The molecule has 22 nitrogen and oxygen atoms in total. The van der Waals surface area contributed by atoms with Crippen LogP contribution in [0.4, 0.5) is 21.0 Å². The Labute approximate surface area is 520 Å². The molecule has 22 heteroatoms. The Balaban J connectivity index is 0.802. The number of nitrogens with one attached hydrogen (secondary N) is 4. The van der Waals surface area contributed by atoms with Gasteiger partial charge in [-0.2, -0.15) is 0 Å². The first-order valence-corrected chi connectivity index (χ1v) is 31.5. The van der Waals surface area contributed by atoms with Gasteiger partial charge in [-0.15, -0.1) is 0 Å². The Hall–Kier alpha value is -8.82. The molecule has 3 aromatic carbocycles. The average Bonchev–Trinajstić information content (AvgIpc) is 4.00. The molecule has 8 rings (SSSR count). The Morgan fingerprint density at radius 3 is 2.09 bits per heavy atom. The van der Waals surface area contributed by atoms with E-state index in [1.807, 2.05) is 91.3 Å². The number of primary amides is 1. The summed E-state index contributed by atoms with van der Waals surface area (Å²) in [5, 5.41) is 23.2. The molecule has 3 aliphatic heterocycles. The number of fused-ring (bicyclic) bond motifs is 2. The van der Waals surface area contributed by atoms with E-state index >= 15 is 0 Å². The van der Waals surface area contributed by atoms with Gasteiger partial charge in [-0.05, 0) is 89.3 Å². The second-order valence-corrected chi connectivity index (χ2v) is 24.6. The molecule has 3 fully saturated rings. The number of nitrogens with zero attached hydrogens (tertiary/aromatic N) is 6. The van der Waals surface area contributed by atoms with Gasteiger partial charge in [0.2, 0.25) is 29.5 Å². The van der Waals surface area contributed by atoms with Gasteiger partial charge in [-0.25, -0.2) is 9.59 Å². The van der Waals surface area contributed by atoms with E-state index in [0.717, 1.165) is 103 Å². The van der Waals surface area contributed by atoms with Gasteiger partial charge in [0.05, 0.1) is 36.1 Å². The van der Waals surface area contributed by atoms with Crippen molar-refractivity contribution in [1.82, 2.24) is 40.6 Å². The number of alkyl carbamates (subject to hydrolysis) is 1. The van der Waals surface area contributed by atoms with Crippen molar-refractivity contribution in [3.05, 3.63) is 137 Å². The van der Waals surface area contributed by atoms with Crippen molar-refractivity contribution in [2.45, 2.75) is 166 Å². The monoisotopic (exact) mass is 1220 g/mol. The third-order valence-electron chi connectivity index (χ3n) is 16.8. The fourth-order valence-corrected chi connectivity index (χ4v) is 12.3. The Morgan fingerprint density at radius 2 is 1.42 bits per heavy atom. The zero-order valence-electron chi connectivity index (χ0n) is 51.5. The highest BCUT2D eigenvalue weighted by molar-refractivity contribution is 5.98. The smallest absolute Gasteiger partial charge is 0.408 e. The number of ether oxygens (including phenoxy) is 1. The number of carboxylic acid groups (broad SMARTS) is 1. The van der Waals surface area contributed by atoms with Crippen LogP contribution in [0.3, 0.4) is 0 Å². The number of urea groups is 1. The minimum atomic E-state index is -1.28. The number of hydrogen-bond donors (Lipinski definition) is 6. The maximum absolute atomic E-state index is 14.7. The summed E-state index contributed by atoms with van der Waals surface area (Å²) in [6.07, 6.45) is 14.7. The molecule has 0 bridgehead atoms. The molecule has 1 unspecified atom stereocenters. The van der Waals surface area contributed by atoms with Crippen LogP contribution >= 0.6 is 0 Å². The highest BCUT2D eigenvalue weighted by Gasteiger charge is 2.46. The minimum Gasteiger partial charge on any atom is -0.480 e. The number of piperidine rings is 1. The molecule has 476 valence electrons. The summed E-state index contributed by atoms with van der Waals surface area (Å²) in [6.45, 7) is 6.73. The van der Waals surface area contributed by atoms with Crippen LogP contribution in [0, 0.1) is 5.92 Å². The maximum atomic E-state index is 14.7. The summed E-state index contributed by atoms with van der Waals surface area (Å²) in [4.78, 5) is 133. The van der Waals surface area contributed by atoms with E-state index in [9.17, 15) is 48.3 Å². The maximum Gasteiger partial charge on any atom is 0.408 e. The van der Waals surface area contributed by atoms with Gasteiger partial charge < -0.3 is 61.0 Å². The molecule has 5 heterocycles. The molecule has 3 saturated heterocycles. The molecule has 89 heavy (non-hydrogen) atoms. The van der Waals surface area contributed by atoms with Gasteiger partial charge in [-0.1, -0.05) is 130 Å². The van der Waals surface area contributed by atoms with Gasteiger partial charge in [0.25, 0.3) is 5.56 Å². The molecule has 5 atom stereocenters. The zero-order chi connectivity index (χ0) is 63.5. The summed E-state index contributed by atoms with van der Waals surface area (Å²) >= 11 is 0. The van der Waals surface area contributed by atoms with Crippen LogP contribution in [-0.4, -0.2) is 141 Å². The standard InChI is InChI=1S/C67H87N11O11/c1-67(2,3)89-66(88)72-54-44-75(39-35-50-29-32-55(78(50)64(54)86)62(84)71-53(31-33-57(68)79)61(83)73-60(46-22-13-11-14-23-46)47-24-15-12-16-25-47)65(87)70-36-19-9-7-5-4-6-8-10-20-38-77(51-30-34-58(80)76(43-51)45-59(81)82)63(85)49-27-21-37-74(42-49)56-41-69-40-48-26-17-18-28-52(48)56/h11-18,22-26,28,30,34,40-41,43,49-50,53-55,60H,4-10,19-21,27,29,31-33,35-39,42,44-45H2,1-3H3,(H2,68,79)(H,70,87)(H,71,84)(H,72,88)(H,73,83)(H,81,82)/t49-,50+,53?,54-,55-/m0/s1. The summed E-state index contributed by atoms with van der Waals surface area (Å²) < 4.78 is 6.68. The van der Waals surface area contributed by atoms with Crippen molar-refractivity contribution in [3.8, 4) is 0 Å². The number of aromatic nitrogens is 2. The number of carbonyl (C=O) groups is 8. The van der Waals surface area contributed by atoms with Crippen molar-refractivity contribution in [2.75, 3.05) is 49.1 Å². The van der Waals surface area contributed by atoms with Gasteiger partial charge >= 0.3 is 18.1 Å². The number of benzene rings is 3. The number of aliphatic carboxylic acids is 1. The molecular formula is C67H87N11O11. The quantitative estimate of drug-likeness (QED) is 0.0277. The number of hydrogen-bond acceptors (Lipinski definition) is 12. The average molecular weight is 1220 g/mol. The van der Waals surface area contributed by atoms with E-state index in [-0.39, 0.29) is 50.2 Å². The minimum absolute atomic E-state index is 0.0542. The van der Waals surface area contributed by atoms with Crippen LogP contribution in [0.5, 0.6) is 0 Å². The van der Waals surface area contributed by atoms with Gasteiger partial charge in [0.15, 0.2) is 0 Å². The molecule has 8 amide bonds. The molecule has 3 aliphatic rings. The number of rotatable bonds is 27. The van der Waals surface area contributed by atoms with E-state index in [4.69, 9.17) is 10.5 Å². The first-order chi connectivity index (χ1) is 42.8. The fourth-order valence-electron chi connectivity index (χ4n) is 12.3. The van der Waals surface area contributed by atoms with Crippen molar-refractivity contribution in [2.24, 2.45) is 11.7 Å². The zero-order valence-corrected chi connectivity index (χ0v) is 51.5. The molecule has 0 radical (unpaired) electrons. The lowest BCUT2D eigenvalue weighted by molar-refractivity contribution is -0.144.